The number of hydrogen-bond acceptors (Lipinski definition) is 6. The van der Waals surface area contributed by atoms with Crippen LogP contribution in [0.15, 0.2) is 54.6 Å². The molecule has 2 aliphatic heterocycles. The molecule has 10 nitrogen and oxygen atoms in total. The smallest absolute Gasteiger partial charge is 0.335 e. The number of nitrogens with one attached hydrogen (secondary N) is 2. The average molecular weight is 635 g/mol. The van der Waals surface area contributed by atoms with Crippen LogP contribution in [-0.4, -0.2) is 58.4 Å². The van der Waals surface area contributed by atoms with Crippen LogP contribution in [0, 0.1) is 0 Å². The van der Waals surface area contributed by atoms with E-state index in [1.807, 2.05) is 24.3 Å². The Hall–Kier alpha value is -4.83. The van der Waals surface area contributed by atoms with Gasteiger partial charge >= 0.3 is 5.97 Å². The fraction of sp³-hybridized carbons (Fsp3) is 0.378. The fourth-order valence-electron chi connectivity index (χ4n) is 7.84. The molecule has 0 spiro atoms. The van der Waals surface area contributed by atoms with Gasteiger partial charge in [-0.1, -0.05) is 25.3 Å². The predicted octanol–water partition coefficient (Wildman–Crippen LogP) is 6.77. The Bertz CT molecular complexity index is 2010. The quantitative estimate of drug-likeness (QED) is 0.188. The molecule has 2 aromatic heterocycles. The Kier molecular flexibility index (Phi) is 7.40. The SMILES string of the molecule is COc1ccc2c(c1)OCCn1c-2c(C2CCCCC2)c2ccc(C(=O)NC3(c4nc5ccc(C(=O)O)cc5[nH]4)CCOCC3)cc21. The van der Waals surface area contributed by atoms with Gasteiger partial charge in [0.25, 0.3) is 5.91 Å². The molecule has 0 unspecified atom stereocenters. The number of carbonyl (C=O) groups excluding carboxylic acids is 1. The number of imidazole rings is 1. The molecule has 0 atom stereocenters. The van der Waals surface area contributed by atoms with Crippen LogP contribution in [0.4, 0.5) is 0 Å². The third kappa shape index (κ3) is 5.11. The number of aromatic nitrogens is 3. The van der Waals surface area contributed by atoms with Gasteiger partial charge in [-0.15, -0.1) is 0 Å². The highest BCUT2D eigenvalue weighted by Gasteiger charge is 2.39. The molecule has 47 heavy (non-hydrogen) atoms. The molecule has 10 heteroatoms. The summed E-state index contributed by atoms with van der Waals surface area (Å²) in [5.41, 5.74) is 5.86. The summed E-state index contributed by atoms with van der Waals surface area (Å²) in [5.74, 6) is 1.44. The third-order valence-electron chi connectivity index (χ3n) is 10.3. The number of carboxylic acid groups (broad SMARTS) is 1. The molecule has 242 valence electrons. The Balaban J connectivity index is 1.21. The van der Waals surface area contributed by atoms with Crippen molar-refractivity contribution < 1.29 is 28.9 Å². The maximum absolute atomic E-state index is 14.2. The van der Waals surface area contributed by atoms with Crippen molar-refractivity contribution in [2.75, 3.05) is 26.9 Å². The molecule has 8 rings (SSSR count). The normalized spacial score (nSPS) is 17.8. The highest BCUT2D eigenvalue weighted by molar-refractivity contribution is 6.01. The molecule has 1 aliphatic carbocycles. The highest BCUT2D eigenvalue weighted by Crippen LogP contribution is 2.48. The number of carbonyl (C=O) groups is 2. The molecule has 1 amide bonds. The van der Waals surface area contributed by atoms with Crippen molar-refractivity contribution in [3.63, 3.8) is 0 Å². The summed E-state index contributed by atoms with van der Waals surface area (Å²) in [6, 6.07) is 17.0. The lowest BCUT2D eigenvalue weighted by Crippen LogP contribution is -2.50. The van der Waals surface area contributed by atoms with Crippen molar-refractivity contribution >= 4 is 33.8 Å². The number of methoxy groups -OCH3 is 1. The topological polar surface area (TPSA) is 128 Å². The van der Waals surface area contributed by atoms with Crippen molar-refractivity contribution in [2.24, 2.45) is 0 Å². The van der Waals surface area contributed by atoms with E-state index in [1.165, 1.54) is 35.9 Å². The van der Waals surface area contributed by atoms with E-state index in [0.717, 1.165) is 35.4 Å². The summed E-state index contributed by atoms with van der Waals surface area (Å²) in [6.45, 7) is 2.12. The van der Waals surface area contributed by atoms with Crippen molar-refractivity contribution in [3.8, 4) is 22.8 Å². The summed E-state index contributed by atoms with van der Waals surface area (Å²) in [7, 11) is 1.67. The number of benzene rings is 3. The first-order valence-electron chi connectivity index (χ1n) is 16.6. The molecule has 5 aromatic rings. The maximum Gasteiger partial charge on any atom is 0.335 e. The van der Waals surface area contributed by atoms with E-state index >= 15 is 0 Å². The zero-order valence-electron chi connectivity index (χ0n) is 26.4. The molecule has 1 saturated carbocycles. The first-order chi connectivity index (χ1) is 22.9. The van der Waals surface area contributed by atoms with Gasteiger partial charge < -0.3 is 34.2 Å². The van der Waals surface area contributed by atoms with Crippen LogP contribution in [0.25, 0.3) is 33.2 Å². The van der Waals surface area contributed by atoms with Crippen LogP contribution in [0.2, 0.25) is 0 Å². The molecule has 0 bridgehead atoms. The van der Waals surface area contributed by atoms with Gasteiger partial charge in [0.05, 0.1) is 35.9 Å². The van der Waals surface area contributed by atoms with E-state index in [2.05, 4.69) is 27.0 Å². The van der Waals surface area contributed by atoms with Gasteiger partial charge in [-0.3, -0.25) is 4.79 Å². The number of aromatic carboxylic acids is 1. The second kappa shape index (κ2) is 11.8. The minimum Gasteiger partial charge on any atom is -0.497 e. The third-order valence-corrected chi connectivity index (χ3v) is 10.3. The van der Waals surface area contributed by atoms with Gasteiger partial charge in [0.1, 0.15) is 29.5 Å². The first kappa shape index (κ1) is 29.6. The highest BCUT2D eigenvalue weighted by atomic mass is 16.5. The molecule has 0 radical (unpaired) electrons. The number of carboxylic acids is 1. The zero-order valence-corrected chi connectivity index (χ0v) is 26.4. The van der Waals surface area contributed by atoms with E-state index in [1.54, 1.807) is 25.3 Å². The maximum atomic E-state index is 14.2. The number of ether oxygens (including phenoxy) is 3. The van der Waals surface area contributed by atoms with Gasteiger partial charge in [-0.25, -0.2) is 9.78 Å². The lowest BCUT2D eigenvalue weighted by Gasteiger charge is -2.36. The molecule has 1 saturated heterocycles. The van der Waals surface area contributed by atoms with E-state index in [9.17, 15) is 14.7 Å². The molecule has 4 heterocycles. The Morgan fingerprint density at radius 3 is 2.60 bits per heavy atom. The summed E-state index contributed by atoms with van der Waals surface area (Å²) < 4.78 is 19.8. The molecular weight excluding hydrogens is 596 g/mol. The number of amides is 1. The summed E-state index contributed by atoms with van der Waals surface area (Å²) >= 11 is 0. The van der Waals surface area contributed by atoms with Crippen LogP contribution < -0.4 is 14.8 Å². The number of nitrogens with zero attached hydrogens (tertiary/aromatic N) is 2. The molecule has 3 N–H and O–H groups in total. The fourth-order valence-corrected chi connectivity index (χ4v) is 7.84. The lowest BCUT2D eigenvalue weighted by atomic mass is 9.81. The van der Waals surface area contributed by atoms with E-state index in [4.69, 9.17) is 19.2 Å². The van der Waals surface area contributed by atoms with Crippen LogP contribution in [0.1, 0.15) is 83.0 Å². The molecule has 2 fully saturated rings. The van der Waals surface area contributed by atoms with Crippen molar-refractivity contribution in [3.05, 3.63) is 77.1 Å². The van der Waals surface area contributed by atoms with Crippen LogP contribution in [0.3, 0.4) is 0 Å². The largest absolute Gasteiger partial charge is 0.497 e. The van der Waals surface area contributed by atoms with E-state index < -0.39 is 11.5 Å². The monoisotopic (exact) mass is 634 g/mol. The minimum atomic E-state index is -1.00. The Labute approximate surface area is 272 Å². The van der Waals surface area contributed by atoms with Crippen molar-refractivity contribution in [2.45, 2.75) is 62.9 Å². The Morgan fingerprint density at radius 2 is 1.81 bits per heavy atom. The first-order valence-corrected chi connectivity index (χ1v) is 16.6. The number of H-pyrrole nitrogens is 1. The van der Waals surface area contributed by atoms with Crippen LogP contribution >= 0.6 is 0 Å². The standard InChI is InChI=1S/C37H38N4O6/c1-45-25-9-11-27-31(21-25)47-18-15-41-30-20-23(7-10-26(30)32(33(27)41)22-5-3-2-4-6-22)34(42)40-37(13-16-46-17-14-37)36-38-28-12-8-24(35(43)44)19-29(28)39-36/h7-12,19-22H,2-6,13-18H2,1H3,(H,38,39)(H,40,42)(H,43,44). The van der Waals surface area contributed by atoms with Crippen molar-refractivity contribution in [1.82, 2.24) is 19.9 Å². The second-order valence-corrected chi connectivity index (χ2v) is 13.0. The van der Waals surface area contributed by atoms with Gasteiger partial charge in [0.15, 0.2) is 0 Å². The van der Waals surface area contributed by atoms with Gasteiger partial charge in [0.2, 0.25) is 0 Å². The lowest BCUT2D eigenvalue weighted by molar-refractivity contribution is 0.0317. The molecule has 3 aliphatic rings. The van der Waals surface area contributed by atoms with Crippen LogP contribution in [0.5, 0.6) is 11.5 Å². The van der Waals surface area contributed by atoms with E-state index in [0.29, 0.717) is 67.5 Å². The predicted molar refractivity (Wildman–Crippen MR) is 177 cm³/mol. The summed E-state index contributed by atoms with van der Waals surface area (Å²) in [6.07, 6.45) is 7.08. The number of fused-ring (bicyclic) bond motifs is 6. The van der Waals surface area contributed by atoms with Gasteiger partial charge in [-0.2, -0.15) is 0 Å². The molecule has 3 aromatic carbocycles. The van der Waals surface area contributed by atoms with Crippen molar-refractivity contribution in [1.29, 1.82) is 0 Å². The number of rotatable bonds is 6. The number of hydrogen-bond donors (Lipinski definition) is 3. The average Bonchev–Trinajstić information content (AvgIpc) is 3.62. The second-order valence-electron chi connectivity index (χ2n) is 13.0. The minimum absolute atomic E-state index is 0.178. The zero-order chi connectivity index (χ0) is 32.1. The Morgan fingerprint density at radius 1 is 1.00 bits per heavy atom. The van der Waals surface area contributed by atoms with Gasteiger partial charge in [0, 0.05) is 54.2 Å². The van der Waals surface area contributed by atoms with E-state index in [-0.39, 0.29) is 11.5 Å². The van der Waals surface area contributed by atoms with Gasteiger partial charge in [-0.05, 0) is 66.8 Å². The summed E-state index contributed by atoms with van der Waals surface area (Å²) in [4.78, 5) is 33.9. The number of aromatic amines is 1. The molecular formula is C37H38N4O6. The summed E-state index contributed by atoms with van der Waals surface area (Å²) in [5, 5.41) is 14.0. The van der Waals surface area contributed by atoms with Crippen LogP contribution in [-0.2, 0) is 16.8 Å².